The average molecular weight is 467 g/mol. The summed E-state index contributed by atoms with van der Waals surface area (Å²) in [4.78, 5) is 10.3. The van der Waals surface area contributed by atoms with Crippen molar-refractivity contribution in [2.24, 2.45) is 4.99 Å². The predicted molar refractivity (Wildman–Crippen MR) is 101 cm³/mol. The fourth-order valence-electron chi connectivity index (χ4n) is 1.90. The molecule has 0 atom stereocenters. The van der Waals surface area contributed by atoms with E-state index in [1.165, 1.54) is 13.2 Å². The zero-order chi connectivity index (χ0) is 20.2. The Bertz CT molecular complexity index is 847. The van der Waals surface area contributed by atoms with E-state index in [2.05, 4.69) is 25.9 Å². The summed E-state index contributed by atoms with van der Waals surface area (Å²) in [6, 6.07) is 4.79. The van der Waals surface area contributed by atoms with Crippen LogP contribution in [-0.2, 0) is 6.18 Å². The molecule has 1 aromatic heterocycles. The van der Waals surface area contributed by atoms with Crippen LogP contribution in [0.1, 0.15) is 12.5 Å². The van der Waals surface area contributed by atoms with Crippen LogP contribution in [0.2, 0.25) is 5.02 Å². The number of benzene rings is 1. The molecule has 0 unspecified atom stereocenters. The van der Waals surface area contributed by atoms with E-state index >= 15 is 0 Å². The van der Waals surface area contributed by atoms with Crippen LogP contribution in [0.4, 0.5) is 18.9 Å². The van der Waals surface area contributed by atoms with E-state index in [9.17, 15) is 13.2 Å². The van der Waals surface area contributed by atoms with E-state index < -0.39 is 16.8 Å². The molecule has 0 radical (unpaired) electrons. The number of rotatable bonds is 6. The first kappa shape index (κ1) is 21.3. The maximum atomic E-state index is 13.0. The molecule has 2 rings (SSSR count). The Kier molecular flexibility index (Phi) is 6.94. The van der Waals surface area contributed by atoms with Crippen LogP contribution in [0.5, 0.6) is 17.4 Å². The van der Waals surface area contributed by atoms with Gasteiger partial charge in [-0.25, -0.2) is 9.98 Å². The molecular formula is C17H16BrClF3N3O2. The van der Waals surface area contributed by atoms with E-state index in [-0.39, 0.29) is 17.4 Å². The lowest BCUT2D eigenvalue weighted by atomic mass is 10.2. The second kappa shape index (κ2) is 8.79. The third kappa shape index (κ3) is 5.49. The fourth-order valence-corrected chi connectivity index (χ4v) is 2.50. The summed E-state index contributed by atoms with van der Waals surface area (Å²) >= 11 is 8.89. The van der Waals surface area contributed by atoms with Crippen molar-refractivity contribution in [3.05, 3.63) is 39.5 Å². The van der Waals surface area contributed by atoms with Crippen LogP contribution in [0.25, 0.3) is 0 Å². The molecule has 10 heteroatoms. The number of ether oxygens (including phenoxy) is 2. The van der Waals surface area contributed by atoms with E-state index in [4.69, 9.17) is 21.1 Å². The lowest BCUT2D eigenvalue weighted by molar-refractivity contribution is -0.137. The van der Waals surface area contributed by atoms with Gasteiger partial charge in [0.1, 0.15) is 16.0 Å². The van der Waals surface area contributed by atoms with Crippen molar-refractivity contribution in [2.45, 2.75) is 13.1 Å². The van der Waals surface area contributed by atoms with Crippen LogP contribution in [0.15, 0.2) is 33.9 Å². The van der Waals surface area contributed by atoms with Gasteiger partial charge in [0.15, 0.2) is 5.75 Å². The van der Waals surface area contributed by atoms with Gasteiger partial charge in [-0.1, -0.05) is 11.6 Å². The molecule has 0 N–H and O–H groups in total. The fraction of sp³-hybridized carbons (Fsp3) is 0.294. The van der Waals surface area contributed by atoms with Gasteiger partial charge in [0, 0.05) is 19.7 Å². The average Bonchev–Trinajstić information content (AvgIpc) is 2.61. The number of aromatic nitrogens is 1. The molecule has 0 fully saturated rings. The van der Waals surface area contributed by atoms with Gasteiger partial charge in [-0.3, -0.25) is 0 Å². The molecule has 1 aromatic carbocycles. The lowest BCUT2D eigenvalue weighted by Gasteiger charge is -2.14. The molecule has 0 aliphatic heterocycles. The van der Waals surface area contributed by atoms with Crippen molar-refractivity contribution >= 4 is 39.6 Å². The number of hydrogen-bond acceptors (Lipinski definition) is 4. The standard InChI is InChI=1S/C17H16BrClF3N3O2/c1-4-25(2)9-23-13-8-14(26-3)16(24-15(13)18)27-10-5-6-12(19)11(7-10)17(20,21)22/h5-9H,4H2,1-3H3/b23-9+. The minimum Gasteiger partial charge on any atom is -0.491 e. The van der Waals surface area contributed by atoms with Gasteiger partial charge in [-0.05, 0) is 41.1 Å². The Hall–Kier alpha value is -2.00. The highest BCUT2D eigenvalue weighted by Crippen LogP contribution is 2.40. The minimum absolute atomic E-state index is 0.0115. The van der Waals surface area contributed by atoms with Crippen molar-refractivity contribution in [1.82, 2.24) is 9.88 Å². The predicted octanol–water partition coefficient (Wildman–Crippen LogP) is 5.93. The molecule has 0 amide bonds. The van der Waals surface area contributed by atoms with Crippen LogP contribution >= 0.6 is 27.5 Å². The number of nitrogens with zero attached hydrogens (tertiary/aromatic N) is 3. The van der Waals surface area contributed by atoms with Gasteiger partial charge in [-0.2, -0.15) is 13.2 Å². The molecule has 27 heavy (non-hydrogen) atoms. The highest BCUT2D eigenvalue weighted by atomic mass is 79.9. The second-order valence-electron chi connectivity index (χ2n) is 5.36. The molecule has 0 aliphatic carbocycles. The van der Waals surface area contributed by atoms with Crippen LogP contribution in [0.3, 0.4) is 0 Å². The third-order valence-corrected chi connectivity index (χ3v) is 4.37. The SMILES string of the molecule is CCN(C)/C=N/c1cc(OC)c(Oc2ccc(Cl)c(C(F)(F)F)c2)nc1Br. The van der Waals surface area contributed by atoms with Gasteiger partial charge in [-0.15, -0.1) is 0 Å². The molecular weight excluding hydrogens is 451 g/mol. The smallest absolute Gasteiger partial charge is 0.417 e. The maximum absolute atomic E-state index is 13.0. The highest BCUT2D eigenvalue weighted by Gasteiger charge is 2.33. The molecule has 0 saturated carbocycles. The normalized spacial score (nSPS) is 11.7. The third-order valence-electron chi connectivity index (χ3n) is 3.46. The zero-order valence-electron chi connectivity index (χ0n) is 14.6. The largest absolute Gasteiger partial charge is 0.491 e. The highest BCUT2D eigenvalue weighted by molar-refractivity contribution is 9.10. The Balaban J connectivity index is 2.37. The van der Waals surface area contributed by atoms with Gasteiger partial charge >= 0.3 is 6.18 Å². The summed E-state index contributed by atoms with van der Waals surface area (Å²) in [6.07, 6.45) is -2.98. The van der Waals surface area contributed by atoms with E-state index in [1.54, 1.807) is 12.4 Å². The van der Waals surface area contributed by atoms with Crippen molar-refractivity contribution in [3.63, 3.8) is 0 Å². The number of alkyl halides is 3. The van der Waals surface area contributed by atoms with E-state index in [0.29, 0.717) is 10.3 Å². The zero-order valence-corrected chi connectivity index (χ0v) is 17.0. The van der Waals surface area contributed by atoms with Crippen molar-refractivity contribution < 1.29 is 22.6 Å². The Morgan fingerprint density at radius 1 is 1.33 bits per heavy atom. The number of hydrogen-bond donors (Lipinski definition) is 0. The van der Waals surface area contributed by atoms with Crippen molar-refractivity contribution in [1.29, 1.82) is 0 Å². The number of halogens is 5. The molecule has 2 aromatic rings. The van der Waals surface area contributed by atoms with Gasteiger partial charge in [0.05, 0.1) is 24.0 Å². The van der Waals surface area contributed by atoms with Crippen LogP contribution in [-0.4, -0.2) is 36.9 Å². The summed E-state index contributed by atoms with van der Waals surface area (Å²) in [5.74, 6) is 0.127. The number of aliphatic imine (C=N–C) groups is 1. The summed E-state index contributed by atoms with van der Waals surface area (Å²) in [5, 5.41) is -0.416. The van der Waals surface area contributed by atoms with Crippen molar-refractivity contribution in [3.8, 4) is 17.4 Å². The number of methoxy groups -OCH3 is 1. The lowest BCUT2D eigenvalue weighted by Crippen LogP contribution is -2.14. The van der Waals surface area contributed by atoms with Crippen LogP contribution in [0, 0.1) is 0 Å². The Morgan fingerprint density at radius 2 is 2.04 bits per heavy atom. The molecule has 5 nitrogen and oxygen atoms in total. The van der Waals surface area contributed by atoms with Gasteiger partial charge in [0.25, 0.3) is 5.88 Å². The topological polar surface area (TPSA) is 47.0 Å². The molecule has 146 valence electrons. The first-order chi connectivity index (χ1) is 12.7. The van der Waals surface area contributed by atoms with E-state index in [0.717, 1.165) is 18.7 Å². The molecule has 0 spiro atoms. The van der Waals surface area contributed by atoms with E-state index in [1.807, 2.05) is 18.9 Å². The molecule has 0 bridgehead atoms. The summed E-state index contributed by atoms with van der Waals surface area (Å²) < 4.78 is 50.1. The first-order valence-electron chi connectivity index (χ1n) is 7.69. The molecule has 1 heterocycles. The molecule has 0 aliphatic rings. The Labute approximate surface area is 167 Å². The first-order valence-corrected chi connectivity index (χ1v) is 8.86. The Morgan fingerprint density at radius 3 is 2.63 bits per heavy atom. The van der Waals surface area contributed by atoms with Gasteiger partial charge in [0.2, 0.25) is 0 Å². The number of pyridine rings is 1. The second-order valence-corrected chi connectivity index (χ2v) is 6.52. The van der Waals surface area contributed by atoms with Gasteiger partial charge < -0.3 is 14.4 Å². The summed E-state index contributed by atoms with van der Waals surface area (Å²) in [5.41, 5.74) is -0.518. The van der Waals surface area contributed by atoms with Crippen molar-refractivity contribution in [2.75, 3.05) is 20.7 Å². The van der Waals surface area contributed by atoms with Crippen LogP contribution < -0.4 is 9.47 Å². The summed E-state index contributed by atoms with van der Waals surface area (Å²) in [7, 11) is 3.25. The monoisotopic (exact) mass is 465 g/mol. The minimum atomic E-state index is -4.60. The summed E-state index contributed by atoms with van der Waals surface area (Å²) in [6.45, 7) is 2.74. The quantitative estimate of drug-likeness (QED) is 0.301. The maximum Gasteiger partial charge on any atom is 0.417 e. The molecule has 0 saturated heterocycles.